The number of hydrogen-bond acceptors (Lipinski definition) is 3. The van der Waals surface area contributed by atoms with Crippen LogP contribution in [0.15, 0.2) is 0 Å². The number of piperazine rings is 1. The Hall–Kier alpha value is -0.610. The molecule has 1 heterocycles. The SMILES string of the molecule is CC(N)C(=O)N1CCN(C)CC12CCCCC2. The second kappa shape index (κ2) is 4.94. The van der Waals surface area contributed by atoms with Gasteiger partial charge in [0.25, 0.3) is 0 Å². The van der Waals surface area contributed by atoms with Gasteiger partial charge in [0.2, 0.25) is 5.91 Å². The van der Waals surface area contributed by atoms with E-state index in [2.05, 4.69) is 16.8 Å². The van der Waals surface area contributed by atoms with Crippen LogP contribution >= 0.6 is 0 Å². The standard InChI is InChI=1S/C13H25N3O/c1-11(14)12(17)16-9-8-15(2)10-13(16)6-4-3-5-7-13/h11H,3-10,14H2,1-2H3. The van der Waals surface area contributed by atoms with Crippen LogP contribution in [-0.2, 0) is 4.79 Å². The normalized spacial score (nSPS) is 27.1. The van der Waals surface area contributed by atoms with Crippen molar-refractivity contribution in [3.8, 4) is 0 Å². The van der Waals surface area contributed by atoms with E-state index in [-0.39, 0.29) is 17.5 Å². The Kier molecular flexibility index (Phi) is 3.73. The molecule has 4 nitrogen and oxygen atoms in total. The number of nitrogens with two attached hydrogens (primary N) is 1. The van der Waals surface area contributed by atoms with Crippen molar-refractivity contribution in [3.63, 3.8) is 0 Å². The number of likely N-dealkylation sites (N-methyl/N-ethyl adjacent to an activating group) is 1. The van der Waals surface area contributed by atoms with Crippen LogP contribution in [0.25, 0.3) is 0 Å². The van der Waals surface area contributed by atoms with Crippen LogP contribution in [0.5, 0.6) is 0 Å². The minimum Gasteiger partial charge on any atom is -0.333 e. The summed E-state index contributed by atoms with van der Waals surface area (Å²) in [5.74, 6) is 0.139. The van der Waals surface area contributed by atoms with Gasteiger partial charge < -0.3 is 15.5 Å². The highest BCUT2D eigenvalue weighted by Crippen LogP contribution is 2.36. The lowest BCUT2D eigenvalue weighted by Gasteiger charge is -2.52. The largest absolute Gasteiger partial charge is 0.333 e. The molecule has 1 saturated heterocycles. The summed E-state index contributed by atoms with van der Waals surface area (Å²) in [7, 11) is 2.16. The van der Waals surface area contributed by atoms with Gasteiger partial charge in [0.15, 0.2) is 0 Å². The van der Waals surface area contributed by atoms with Crippen molar-refractivity contribution in [2.45, 2.75) is 50.6 Å². The van der Waals surface area contributed by atoms with Gasteiger partial charge in [-0.3, -0.25) is 4.79 Å². The lowest BCUT2D eigenvalue weighted by atomic mass is 9.78. The van der Waals surface area contributed by atoms with Crippen molar-refractivity contribution in [3.05, 3.63) is 0 Å². The van der Waals surface area contributed by atoms with E-state index in [0.29, 0.717) is 0 Å². The summed E-state index contributed by atoms with van der Waals surface area (Å²) in [6.07, 6.45) is 6.10. The average molecular weight is 239 g/mol. The summed E-state index contributed by atoms with van der Waals surface area (Å²) in [5, 5.41) is 0. The molecule has 0 aromatic carbocycles. The van der Waals surface area contributed by atoms with Gasteiger partial charge in [0.1, 0.15) is 0 Å². The zero-order valence-electron chi connectivity index (χ0n) is 11.1. The lowest BCUT2D eigenvalue weighted by molar-refractivity contribution is -0.145. The molecular weight excluding hydrogens is 214 g/mol. The van der Waals surface area contributed by atoms with E-state index in [9.17, 15) is 4.79 Å². The quantitative estimate of drug-likeness (QED) is 0.737. The van der Waals surface area contributed by atoms with E-state index in [4.69, 9.17) is 5.73 Å². The van der Waals surface area contributed by atoms with Gasteiger partial charge in [-0.05, 0) is 26.8 Å². The van der Waals surface area contributed by atoms with Gasteiger partial charge in [-0.25, -0.2) is 0 Å². The van der Waals surface area contributed by atoms with Gasteiger partial charge in [0, 0.05) is 19.6 Å². The highest BCUT2D eigenvalue weighted by Gasteiger charge is 2.44. The molecule has 2 fully saturated rings. The van der Waals surface area contributed by atoms with Crippen molar-refractivity contribution in [1.29, 1.82) is 0 Å². The van der Waals surface area contributed by atoms with Crippen molar-refractivity contribution < 1.29 is 4.79 Å². The number of amides is 1. The third-order valence-electron chi connectivity index (χ3n) is 4.28. The van der Waals surface area contributed by atoms with E-state index in [1.807, 2.05) is 0 Å². The third-order valence-corrected chi connectivity index (χ3v) is 4.28. The first kappa shape index (κ1) is 12.8. The van der Waals surface area contributed by atoms with Crippen LogP contribution in [-0.4, -0.2) is 54.0 Å². The van der Waals surface area contributed by atoms with E-state index in [0.717, 1.165) is 32.5 Å². The fraction of sp³-hybridized carbons (Fsp3) is 0.923. The van der Waals surface area contributed by atoms with Gasteiger partial charge >= 0.3 is 0 Å². The molecule has 1 aliphatic carbocycles. The summed E-state index contributed by atoms with van der Waals surface area (Å²) >= 11 is 0. The first-order valence-corrected chi connectivity index (χ1v) is 6.81. The van der Waals surface area contributed by atoms with E-state index in [1.54, 1.807) is 6.92 Å². The molecule has 98 valence electrons. The first-order chi connectivity index (χ1) is 8.05. The molecule has 1 unspecified atom stereocenters. The zero-order valence-corrected chi connectivity index (χ0v) is 11.1. The lowest BCUT2D eigenvalue weighted by Crippen LogP contribution is -2.65. The highest BCUT2D eigenvalue weighted by atomic mass is 16.2. The second-order valence-corrected chi connectivity index (χ2v) is 5.80. The van der Waals surface area contributed by atoms with E-state index in [1.165, 1.54) is 19.3 Å². The summed E-state index contributed by atoms with van der Waals surface area (Å²) < 4.78 is 0. The van der Waals surface area contributed by atoms with Crippen LogP contribution < -0.4 is 5.73 Å². The maximum Gasteiger partial charge on any atom is 0.239 e. The Labute approximate surface area is 104 Å². The average Bonchev–Trinajstić information content (AvgIpc) is 2.29. The van der Waals surface area contributed by atoms with Gasteiger partial charge in [0.05, 0.1) is 11.6 Å². The smallest absolute Gasteiger partial charge is 0.239 e. The summed E-state index contributed by atoms with van der Waals surface area (Å²) in [5.41, 5.74) is 5.87. The first-order valence-electron chi connectivity index (χ1n) is 6.81. The molecule has 0 aromatic heterocycles. The Bertz CT molecular complexity index is 284. The van der Waals surface area contributed by atoms with Crippen molar-refractivity contribution in [2.75, 3.05) is 26.7 Å². The molecule has 4 heteroatoms. The van der Waals surface area contributed by atoms with E-state index < -0.39 is 0 Å². The van der Waals surface area contributed by atoms with Crippen LogP contribution in [0.2, 0.25) is 0 Å². The number of rotatable bonds is 1. The van der Waals surface area contributed by atoms with Crippen molar-refractivity contribution in [1.82, 2.24) is 9.80 Å². The minimum absolute atomic E-state index is 0.0793. The molecule has 1 amide bonds. The Balaban J connectivity index is 2.19. The molecule has 1 spiro atoms. The summed E-state index contributed by atoms with van der Waals surface area (Å²) in [4.78, 5) is 16.7. The number of hydrogen-bond donors (Lipinski definition) is 1. The van der Waals surface area contributed by atoms with Crippen LogP contribution in [0.1, 0.15) is 39.0 Å². The highest BCUT2D eigenvalue weighted by molar-refractivity contribution is 5.82. The van der Waals surface area contributed by atoms with Crippen molar-refractivity contribution >= 4 is 5.91 Å². The number of nitrogens with zero attached hydrogens (tertiary/aromatic N) is 2. The molecule has 1 saturated carbocycles. The van der Waals surface area contributed by atoms with Crippen LogP contribution in [0, 0.1) is 0 Å². The molecule has 0 bridgehead atoms. The van der Waals surface area contributed by atoms with Gasteiger partial charge in [-0.2, -0.15) is 0 Å². The molecule has 0 aromatic rings. The van der Waals surface area contributed by atoms with Crippen molar-refractivity contribution in [2.24, 2.45) is 5.73 Å². The monoisotopic (exact) mass is 239 g/mol. The third kappa shape index (κ3) is 2.47. The molecular formula is C13H25N3O. The molecule has 1 aliphatic heterocycles. The topological polar surface area (TPSA) is 49.6 Å². The minimum atomic E-state index is -0.364. The maximum atomic E-state index is 12.3. The zero-order chi connectivity index (χ0) is 12.5. The molecule has 1 atom stereocenters. The summed E-state index contributed by atoms with van der Waals surface area (Å²) in [6, 6.07) is -0.364. The Morgan fingerprint density at radius 3 is 2.47 bits per heavy atom. The maximum absolute atomic E-state index is 12.3. The Morgan fingerprint density at radius 1 is 1.24 bits per heavy atom. The Morgan fingerprint density at radius 2 is 1.88 bits per heavy atom. The summed E-state index contributed by atoms with van der Waals surface area (Å²) in [6.45, 7) is 4.64. The van der Waals surface area contributed by atoms with Gasteiger partial charge in [-0.1, -0.05) is 19.3 Å². The van der Waals surface area contributed by atoms with E-state index >= 15 is 0 Å². The fourth-order valence-corrected chi connectivity index (χ4v) is 3.40. The van der Waals surface area contributed by atoms with Crippen LogP contribution in [0.3, 0.4) is 0 Å². The molecule has 2 aliphatic rings. The second-order valence-electron chi connectivity index (χ2n) is 5.80. The van der Waals surface area contributed by atoms with Gasteiger partial charge in [-0.15, -0.1) is 0 Å². The molecule has 2 N–H and O–H groups in total. The van der Waals surface area contributed by atoms with Crippen LogP contribution in [0.4, 0.5) is 0 Å². The molecule has 17 heavy (non-hydrogen) atoms. The predicted molar refractivity (Wildman–Crippen MR) is 68.7 cm³/mol. The molecule has 2 rings (SSSR count). The number of carbonyl (C=O) groups is 1. The predicted octanol–water partition coefficient (Wildman–Crippen LogP) is 0.811. The molecule has 0 radical (unpaired) electrons. The fourth-order valence-electron chi connectivity index (χ4n) is 3.40. The number of carbonyl (C=O) groups excluding carboxylic acids is 1.